The van der Waals surface area contributed by atoms with Crippen molar-refractivity contribution in [3.8, 4) is 0 Å². The van der Waals surface area contributed by atoms with Crippen LogP contribution < -0.4 is 0 Å². The molecule has 2 saturated heterocycles. The maximum absolute atomic E-state index is 12.5. The largest absolute Gasteiger partial charge is 0.378 e. The molecule has 134 valence electrons. The van der Waals surface area contributed by atoms with Crippen molar-refractivity contribution in [2.24, 2.45) is 0 Å². The SMILES string of the molecule is CCc1nccn1CCC(=O)N1CCC2(CC1)OCCCC2OC. The Kier molecular flexibility index (Phi) is 5.56. The average Bonchev–Trinajstić information content (AvgIpc) is 3.08. The van der Waals surface area contributed by atoms with Crippen molar-refractivity contribution >= 4 is 5.91 Å². The molecule has 1 atom stereocenters. The van der Waals surface area contributed by atoms with Gasteiger partial charge in [0.15, 0.2) is 0 Å². The number of amides is 1. The van der Waals surface area contributed by atoms with Gasteiger partial charge < -0.3 is 18.9 Å². The second kappa shape index (κ2) is 7.66. The van der Waals surface area contributed by atoms with Gasteiger partial charge in [-0.3, -0.25) is 4.79 Å². The highest BCUT2D eigenvalue weighted by molar-refractivity contribution is 5.76. The molecular weight excluding hydrogens is 306 g/mol. The van der Waals surface area contributed by atoms with Gasteiger partial charge in [0.05, 0.1) is 11.7 Å². The number of aryl methyl sites for hydroxylation is 2. The fraction of sp³-hybridized carbons (Fsp3) is 0.778. The van der Waals surface area contributed by atoms with Gasteiger partial charge in [0.25, 0.3) is 0 Å². The van der Waals surface area contributed by atoms with Gasteiger partial charge in [-0.05, 0) is 25.7 Å². The molecule has 0 N–H and O–H groups in total. The van der Waals surface area contributed by atoms with Crippen molar-refractivity contribution in [1.82, 2.24) is 14.5 Å². The minimum Gasteiger partial charge on any atom is -0.378 e. The standard InChI is InChI=1S/C18H29N3O3/c1-3-16-19-9-13-20(16)10-6-17(22)21-11-7-18(8-12-21)15(23-2)5-4-14-24-18/h9,13,15H,3-8,10-12,14H2,1-2H3. The van der Waals surface area contributed by atoms with Gasteiger partial charge in [-0.25, -0.2) is 4.98 Å². The van der Waals surface area contributed by atoms with Crippen molar-refractivity contribution in [3.05, 3.63) is 18.2 Å². The zero-order valence-corrected chi connectivity index (χ0v) is 14.9. The zero-order chi connectivity index (χ0) is 17.0. The minimum atomic E-state index is -0.177. The summed E-state index contributed by atoms with van der Waals surface area (Å²) in [5.41, 5.74) is -0.177. The summed E-state index contributed by atoms with van der Waals surface area (Å²) >= 11 is 0. The molecule has 1 aromatic rings. The molecule has 2 fully saturated rings. The number of likely N-dealkylation sites (tertiary alicyclic amines) is 1. The summed E-state index contributed by atoms with van der Waals surface area (Å²) < 4.78 is 13.9. The number of hydrogen-bond acceptors (Lipinski definition) is 4. The molecule has 0 aromatic carbocycles. The maximum atomic E-state index is 12.5. The molecule has 2 aliphatic heterocycles. The van der Waals surface area contributed by atoms with E-state index >= 15 is 0 Å². The van der Waals surface area contributed by atoms with Crippen LogP contribution >= 0.6 is 0 Å². The lowest BCUT2D eigenvalue weighted by Gasteiger charge is -2.48. The molecular formula is C18H29N3O3. The molecule has 3 heterocycles. The highest BCUT2D eigenvalue weighted by Gasteiger charge is 2.45. The van der Waals surface area contributed by atoms with Crippen LogP contribution in [0.15, 0.2) is 12.4 Å². The first kappa shape index (κ1) is 17.4. The summed E-state index contributed by atoms with van der Waals surface area (Å²) in [4.78, 5) is 18.8. The van der Waals surface area contributed by atoms with Gasteiger partial charge in [-0.1, -0.05) is 6.92 Å². The Balaban J connectivity index is 1.51. The van der Waals surface area contributed by atoms with Crippen LogP contribution in [0.2, 0.25) is 0 Å². The van der Waals surface area contributed by atoms with Crippen LogP contribution in [0.4, 0.5) is 0 Å². The van der Waals surface area contributed by atoms with Crippen LogP contribution in [0.3, 0.4) is 0 Å². The normalized spacial score (nSPS) is 23.6. The summed E-state index contributed by atoms with van der Waals surface area (Å²) in [6.07, 6.45) is 9.23. The molecule has 6 heteroatoms. The van der Waals surface area contributed by atoms with E-state index in [0.717, 1.165) is 57.6 Å². The molecule has 1 unspecified atom stereocenters. The Morgan fingerprint density at radius 3 is 2.96 bits per heavy atom. The second-order valence-electron chi connectivity index (χ2n) is 6.80. The summed E-state index contributed by atoms with van der Waals surface area (Å²) in [6.45, 7) is 5.14. The van der Waals surface area contributed by atoms with Crippen molar-refractivity contribution < 1.29 is 14.3 Å². The molecule has 2 aliphatic rings. The summed E-state index contributed by atoms with van der Waals surface area (Å²) in [6, 6.07) is 0. The Morgan fingerprint density at radius 2 is 2.25 bits per heavy atom. The highest BCUT2D eigenvalue weighted by atomic mass is 16.5. The number of ether oxygens (including phenoxy) is 2. The van der Waals surface area contributed by atoms with E-state index in [1.54, 1.807) is 13.3 Å². The van der Waals surface area contributed by atoms with E-state index in [1.165, 1.54) is 0 Å². The van der Waals surface area contributed by atoms with Gasteiger partial charge in [0.1, 0.15) is 5.82 Å². The molecule has 24 heavy (non-hydrogen) atoms. The van der Waals surface area contributed by atoms with E-state index in [0.29, 0.717) is 13.0 Å². The topological polar surface area (TPSA) is 56.6 Å². The fourth-order valence-electron chi connectivity index (χ4n) is 4.07. The lowest BCUT2D eigenvalue weighted by Crippen LogP contribution is -2.56. The number of aromatic nitrogens is 2. The Morgan fingerprint density at radius 1 is 1.46 bits per heavy atom. The lowest BCUT2D eigenvalue weighted by atomic mass is 9.82. The molecule has 0 saturated carbocycles. The minimum absolute atomic E-state index is 0.168. The number of imidazole rings is 1. The number of piperidine rings is 1. The molecule has 0 radical (unpaired) electrons. The molecule has 6 nitrogen and oxygen atoms in total. The third kappa shape index (κ3) is 3.49. The summed E-state index contributed by atoms with van der Waals surface area (Å²) in [7, 11) is 1.77. The third-order valence-electron chi connectivity index (χ3n) is 5.52. The predicted octanol–water partition coefficient (Wildman–Crippen LogP) is 2.02. The zero-order valence-electron chi connectivity index (χ0n) is 14.9. The van der Waals surface area contributed by atoms with Gasteiger partial charge in [-0.15, -0.1) is 0 Å². The van der Waals surface area contributed by atoms with Crippen LogP contribution in [0.1, 0.15) is 44.9 Å². The van der Waals surface area contributed by atoms with E-state index in [2.05, 4.69) is 16.5 Å². The molecule has 1 aromatic heterocycles. The highest BCUT2D eigenvalue weighted by Crippen LogP contribution is 2.36. The van der Waals surface area contributed by atoms with Gasteiger partial charge in [0, 0.05) is 58.6 Å². The van der Waals surface area contributed by atoms with Crippen LogP contribution in [-0.4, -0.2) is 58.9 Å². The van der Waals surface area contributed by atoms with E-state index in [1.807, 2.05) is 11.1 Å². The van der Waals surface area contributed by atoms with Crippen molar-refractivity contribution in [2.75, 3.05) is 26.8 Å². The maximum Gasteiger partial charge on any atom is 0.224 e. The first-order valence-electron chi connectivity index (χ1n) is 9.13. The Hall–Kier alpha value is -1.40. The first-order chi connectivity index (χ1) is 11.7. The molecule has 0 bridgehead atoms. The van der Waals surface area contributed by atoms with Crippen LogP contribution in [0.5, 0.6) is 0 Å². The molecule has 3 rings (SSSR count). The monoisotopic (exact) mass is 335 g/mol. The van der Waals surface area contributed by atoms with E-state index in [4.69, 9.17) is 9.47 Å². The molecule has 0 aliphatic carbocycles. The van der Waals surface area contributed by atoms with Crippen LogP contribution in [-0.2, 0) is 27.2 Å². The number of nitrogens with zero attached hydrogens (tertiary/aromatic N) is 3. The second-order valence-corrected chi connectivity index (χ2v) is 6.80. The summed E-state index contributed by atoms with van der Waals surface area (Å²) in [5.74, 6) is 1.27. The number of carbonyl (C=O) groups excluding carboxylic acids is 1. The average molecular weight is 335 g/mol. The summed E-state index contributed by atoms with van der Waals surface area (Å²) in [5, 5.41) is 0. The number of carbonyl (C=O) groups is 1. The van der Waals surface area contributed by atoms with Crippen LogP contribution in [0, 0.1) is 0 Å². The van der Waals surface area contributed by atoms with Crippen molar-refractivity contribution in [3.63, 3.8) is 0 Å². The number of methoxy groups -OCH3 is 1. The fourth-order valence-corrected chi connectivity index (χ4v) is 4.07. The first-order valence-corrected chi connectivity index (χ1v) is 9.13. The predicted molar refractivity (Wildman–Crippen MR) is 90.8 cm³/mol. The third-order valence-corrected chi connectivity index (χ3v) is 5.52. The Labute approximate surface area is 144 Å². The van der Waals surface area contributed by atoms with Crippen molar-refractivity contribution in [2.45, 2.75) is 63.7 Å². The van der Waals surface area contributed by atoms with E-state index in [-0.39, 0.29) is 17.6 Å². The van der Waals surface area contributed by atoms with Crippen LogP contribution in [0.25, 0.3) is 0 Å². The smallest absolute Gasteiger partial charge is 0.224 e. The van der Waals surface area contributed by atoms with Gasteiger partial charge in [-0.2, -0.15) is 0 Å². The van der Waals surface area contributed by atoms with E-state index in [9.17, 15) is 4.79 Å². The van der Waals surface area contributed by atoms with Gasteiger partial charge in [0.2, 0.25) is 5.91 Å². The molecule has 1 spiro atoms. The Bertz CT molecular complexity index is 549. The number of rotatable bonds is 5. The lowest BCUT2D eigenvalue weighted by molar-refractivity contribution is -0.188. The van der Waals surface area contributed by atoms with E-state index < -0.39 is 0 Å². The quantitative estimate of drug-likeness (QED) is 0.826. The molecule has 1 amide bonds. The van der Waals surface area contributed by atoms with Crippen molar-refractivity contribution in [1.29, 1.82) is 0 Å². The van der Waals surface area contributed by atoms with Gasteiger partial charge >= 0.3 is 0 Å². The number of hydrogen-bond donors (Lipinski definition) is 0.